The molecule has 0 aliphatic carbocycles. The zero-order valence-electron chi connectivity index (χ0n) is 13.1. The summed E-state index contributed by atoms with van der Waals surface area (Å²) in [4.78, 5) is 36.4. The highest BCUT2D eigenvalue weighted by molar-refractivity contribution is 5.99. The quantitative estimate of drug-likeness (QED) is 0.500. The van der Waals surface area contributed by atoms with Crippen molar-refractivity contribution in [2.45, 2.75) is 5.92 Å². The summed E-state index contributed by atoms with van der Waals surface area (Å²) >= 11 is 0. The number of carbonyl (C=O) groups excluding carboxylic acids is 1. The minimum atomic E-state index is -0.807. The van der Waals surface area contributed by atoms with Gasteiger partial charge in [-0.3, -0.25) is 30.0 Å². The molecule has 1 aliphatic heterocycles. The normalized spacial score (nSPS) is 15.0. The number of non-ortho nitro benzene ring substituents is 2. The summed E-state index contributed by atoms with van der Waals surface area (Å²) < 4.78 is 0. The lowest BCUT2D eigenvalue weighted by atomic mass is 10.0. The second kappa shape index (κ2) is 6.89. The number of nitrogens with one attached hydrogen (secondary N) is 1. The molecule has 26 heavy (non-hydrogen) atoms. The number of nitrogens with zero attached hydrogens (tertiary/aromatic N) is 4. The van der Waals surface area contributed by atoms with Gasteiger partial charge in [0, 0.05) is 24.6 Å². The van der Waals surface area contributed by atoms with Crippen molar-refractivity contribution < 1.29 is 14.6 Å². The number of para-hydroxylation sites is 1. The highest BCUT2D eigenvalue weighted by atomic mass is 16.6. The minimum absolute atomic E-state index is 0.217. The van der Waals surface area contributed by atoms with Crippen molar-refractivity contribution in [1.29, 1.82) is 0 Å². The van der Waals surface area contributed by atoms with Crippen molar-refractivity contribution in [2.75, 3.05) is 0 Å². The standard InChI is InChI=1S/C16H11N5O5/c22-16(10-5-12(20(23)24)7-13(6-10)21(25)26)19-18-9-11-8-17-15-4-2-1-3-14(11)15/h1-9,11H,(H,19,22). The van der Waals surface area contributed by atoms with Crippen molar-refractivity contribution >= 4 is 35.4 Å². The van der Waals surface area contributed by atoms with Gasteiger partial charge in [-0.15, -0.1) is 0 Å². The maximum absolute atomic E-state index is 12.1. The van der Waals surface area contributed by atoms with Crippen molar-refractivity contribution in [3.05, 3.63) is 73.8 Å². The average Bonchev–Trinajstić information content (AvgIpc) is 3.04. The molecule has 10 nitrogen and oxygen atoms in total. The van der Waals surface area contributed by atoms with E-state index in [-0.39, 0.29) is 11.5 Å². The molecular weight excluding hydrogens is 342 g/mol. The number of nitro benzene ring substituents is 2. The van der Waals surface area contributed by atoms with Gasteiger partial charge in [0.25, 0.3) is 17.3 Å². The van der Waals surface area contributed by atoms with E-state index in [0.29, 0.717) is 0 Å². The summed E-state index contributed by atoms with van der Waals surface area (Å²) in [5, 5.41) is 25.5. The van der Waals surface area contributed by atoms with Crippen LogP contribution in [0.2, 0.25) is 0 Å². The smallest absolute Gasteiger partial charge is 0.267 e. The Kier molecular flexibility index (Phi) is 4.48. The molecule has 1 unspecified atom stereocenters. The first-order valence-corrected chi connectivity index (χ1v) is 7.36. The number of aliphatic imine (C=N–C) groups is 1. The fourth-order valence-corrected chi connectivity index (χ4v) is 2.42. The van der Waals surface area contributed by atoms with Crippen molar-refractivity contribution in [3.63, 3.8) is 0 Å². The predicted molar refractivity (Wildman–Crippen MR) is 93.0 cm³/mol. The van der Waals surface area contributed by atoms with E-state index in [4.69, 9.17) is 0 Å². The molecule has 1 aliphatic rings. The second-order valence-corrected chi connectivity index (χ2v) is 5.33. The van der Waals surface area contributed by atoms with Gasteiger partial charge in [0.2, 0.25) is 0 Å². The van der Waals surface area contributed by atoms with Gasteiger partial charge < -0.3 is 0 Å². The van der Waals surface area contributed by atoms with E-state index in [1.807, 2.05) is 24.3 Å². The maximum Gasteiger partial charge on any atom is 0.277 e. The highest BCUT2D eigenvalue weighted by Gasteiger charge is 2.20. The van der Waals surface area contributed by atoms with Gasteiger partial charge in [0.15, 0.2) is 0 Å². The second-order valence-electron chi connectivity index (χ2n) is 5.33. The number of hydrogen-bond donors (Lipinski definition) is 1. The predicted octanol–water partition coefficient (Wildman–Crippen LogP) is 2.72. The largest absolute Gasteiger partial charge is 0.277 e. The van der Waals surface area contributed by atoms with Crippen LogP contribution in [0.5, 0.6) is 0 Å². The number of rotatable bonds is 5. The third kappa shape index (κ3) is 3.43. The van der Waals surface area contributed by atoms with Gasteiger partial charge in [0.1, 0.15) is 0 Å². The molecule has 0 spiro atoms. The number of hydrogen-bond acceptors (Lipinski definition) is 7. The number of carbonyl (C=O) groups is 1. The van der Waals surface area contributed by atoms with Crippen LogP contribution in [0, 0.1) is 20.2 Å². The van der Waals surface area contributed by atoms with E-state index in [0.717, 1.165) is 29.4 Å². The molecule has 0 fully saturated rings. The van der Waals surface area contributed by atoms with Gasteiger partial charge in [-0.25, -0.2) is 5.43 Å². The van der Waals surface area contributed by atoms with Gasteiger partial charge in [-0.1, -0.05) is 18.2 Å². The number of hydrazone groups is 1. The topological polar surface area (TPSA) is 140 Å². The molecule has 1 atom stereocenters. The fraction of sp³-hybridized carbons (Fsp3) is 0.0625. The summed E-state index contributed by atoms with van der Waals surface area (Å²) in [6.07, 6.45) is 3.12. The van der Waals surface area contributed by atoms with E-state index < -0.39 is 27.1 Å². The highest BCUT2D eigenvalue weighted by Crippen LogP contribution is 2.30. The number of fused-ring (bicyclic) bond motifs is 1. The Hall–Kier alpha value is -3.95. The van der Waals surface area contributed by atoms with Gasteiger partial charge in [-0.05, 0) is 11.6 Å². The summed E-state index contributed by atoms with van der Waals surface area (Å²) in [7, 11) is 0. The Labute approximate surface area is 146 Å². The summed E-state index contributed by atoms with van der Waals surface area (Å²) in [5.74, 6) is -1.01. The first-order chi connectivity index (χ1) is 12.5. The van der Waals surface area contributed by atoms with Gasteiger partial charge >= 0.3 is 0 Å². The Morgan fingerprint density at radius 1 is 1.12 bits per heavy atom. The van der Waals surface area contributed by atoms with Crippen LogP contribution in [-0.4, -0.2) is 28.2 Å². The molecule has 2 aromatic carbocycles. The van der Waals surface area contributed by atoms with Crippen LogP contribution in [0.15, 0.2) is 52.6 Å². The molecule has 0 bridgehead atoms. The lowest BCUT2D eigenvalue weighted by molar-refractivity contribution is -0.394. The van der Waals surface area contributed by atoms with Crippen LogP contribution in [0.3, 0.4) is 0 Å². The molecule has 0 radical (unpaired) electrons. The lowest BCUT2D eigenvalue weighted by Crippen LogP contribution is -2.18. The Morgan fingerprint density at radius 2 is 1.77 bits per heavy atom. The third-order valence-corrected chi connectivity index (χ3v) is 3.66. The van der Waals surface area contributed by atoms with Crippen LogP contribution in [0.1, 0.15) is 21.8 Å². The maximum atomic E-state index is 12.1. The number of nitro groups is 2. The molecule has 2 aromatic rings. The van der Waals surface area contributed by atoms with Crippen LogP contribution in [0.25, 0.3) is 0 Å². The fourth-order valence-electron chi connectivity index (χ4n) is 2.42. The average molecular weight is 353 g/mol. The Morgan fingerprint density at radius 3 is 2.42 bits per heavy atom. The monoisotopic (exact) mass is 353 g/mol. The van der Waals surface area contributed by atoms with E-state index in [9.17, 15) is 25.0 Å². The summed E-state index contributed by atoms with van der Waals surface area (Å²) in [6.45, 7) is 0. The molecule has 130 valence electrons. The molecule has 0 aromatic heterocycles. The number of benzene rings is 2. The Bertz CT molecular complexity index is 937. The van der Waals surface area contributed by atoms with E-state index >= 15 is 0 Å². The zero-order chi connectivity index (χ0) is 18.7. The van der Waals surface area contributed by atoms with Crippen LogP contribution in [0.4, 0.5) is 17.1 Å². The molecule has 0 saturated heterocycles. The van der Waals surface area contributed by atoms with E-state index in [2.05, 4.69) is 15.5 Å². The molecule has 1 N–H and O–H groups in total. The Balaban J connectivity index is 1.76. The molecule has 10 heteroatoms. The summed E-state index contributed by atoms with van der Waals surface area (Å²) in [6, 6.07) is 10.1. The summed E-state index contributed by atoms with van der Waals surface area (Å²) in [5.41, 5.74) is 2.62. The zero-order valence-corrected chi connectivity index (χ0v) is 13.1. The first kappa shape index (κ1) is 16.9. The van der Waals surface area contributed by atoms with Gasteiger partial charge in [0.05, 0.1) is 33.1 Å². The molecule has 0 saturated carbocycles. The van der Waals surface area contributed by atoms with Crippen molar-refractivity contribution in [2.24, 2.45) is 10.1 Å². The molecule has 1 amide bonds. The van der Waals surface area contributed by atoms with Crippen molar-refractivity contribution in [1.82, 2.24) is 5.43 Å². The molecular formula is C16H11N5O5. The van der Waals surface area contributed by atoms with Crippen LogP contribution in [-0.2, 0) is 0 Å². The first-order valence-electron chi connectivity index (χ1n) is 7.36. The van der Waals surface area contributed by atoms with Crippen LogP contribution >= 0.6 is 0 Å². The van der Waals surface area contributed by atoms with Crippen molar-refractivity contribution in [3.8, 4) is 0 Å². The minimum Gasteiger partial charge on any atom is -0.267 e. The van der Waals surface area contributed by atoms with E-state index in [1.54, 1.807) is 6.21 Å². The number of amides is 1. The third-order valence-electron chi connectivity index (χ3n) is 3.66. The molecule has 1 heterocycles. The SMILES string of the molecule is O=C(NN=CC1C=Nc2ccccc21)c1cc([N+](=O)[O-])cc([N+](=O)[O-])c1. The van der Waals surface area contributed by atoms with Crippen LogP contribution < -0.4 is 5.43 Å². The lowest BCUT2D eigenvalue weighted by Gasteiger charge is -2.03. The van der Waals surface area contributed by atoms with E-state index in [1.165, 1.54) is 6.21 Å². The molecule has 3 rings (SSSR count). The van der Waals surface area contributed by atoms with Gasteiger partial charge in [-0.2, -0.15) is 5.10 Å².